The summed E-state index contributed by atoms with van der Waals surface area (Å²) in [6.07, 6.45) is 8.49. The highest BCUT2D eigenvalue weighted by atomic mass is 35.5. The second-order valence-electron chi connectivity index (χ2n) is 12.4. The lowest BCUT2D eigenvalue weighted by atomic mass is 9.98. The minimum atomic E-state index is 0. The molecule has 0 spiro atoms. The summed E-state index contributed by atoms with van der Waals surface area (Å²) < 4.78 is 0. The van der Waals surface area contributed by atoms with Crippen molar-refractivity contribution in [1.29, 1.82) is 0 Å². The van der Waals surface area contributed by atoms with E-state index in [-0.39, 0.29) is 45.1 Å². The highest BCUT2D eigenvalue weighted by Gasteiger charge is 2.05. The van der Waals surface area contributed by atoms with Gasteiger partial charge in [-0.1, -0.05) is 160 Å². The lowest BCUT2D eigenvalue weighted by Gasteiger charge is -2.16. The van der Waals surface area contributed by atoms with Crippen LogP contribution in [-0.4, -0.2) is 37.0 Å². The Kier molecular flexibility index (Phi) is 20.9. The maximum atomic E-state index is 3.21. The smallest absolute Gasteiger partial charge is 0.0240 e. The molecule has 0 saturated heterocycles. The van der Waals surface area contributed by atoms with Gasteiger partial charge >= 0.3 is 0 Å². The summed E-state index contributed by atoms with van der Waals surface area (Å²) in [5, 5.41) is 5.31. The van der Waals surface area contributed by atoms with Gasteiger partial charge in [-0.05, 0) is 79.2 Å². The third kappa shape index (κ3) is 14.9. The van der Waals surface area contributed by atoms with Crippen molar-refractivity contribution in [3.63, 3.8) is 0 Å². The Morgan fingerprint density at radius 3 is 1.50 bits per heavy atom. The van der Waals surface area contributed by atoms with Crippen LogP contribution in [0, 0.1) is 17.3 Å². The molecule has 0 amide bonds. The van der Waals surface area contributed by atoms with Crippen molar-refractivity contribution in [1.82, 2.24) is 9.80 Å². The first-order valence-electron chi connectivity index (χ1n) is 15.5. The fourth-order valence-electron chi connectivity index (χ4n) is 5.05. The van der Waals surface area contributed by atoms with Gasteiger partial charge in [-0.25, -0.2) is 0 Å². The molecule has 0 atom stereocenters. The number of hydrogen-bond acceptors (Lipinski definition) is 2. The lowest BCUT2D eigenvalue weighted by Crippen LogP contribution is -2.17. The number of likely N-dealkylation sites (N-methyl/N-ethyl adjacent to an activating group) is 2. The summed E-state index contributed by atoms with van der Waals surface area (Å²) >= 11 is 0. The summed E-state index contributed by atoms with van der Waals surface area (Å²) in [6, 6.07) is 40.6. The van der Waals surface area contributed by atoms with E-state index in [1.807, 2.05) is 12.1 Å². The lowest BCUT2D eigenvalue weighted by molar-refractivity contribution is 0.365. The summed E-state index contributed by atoms with van der Waals surface area (Å²) in [6.45, 7) is 10.1. The van der Waals surface area contributed by atoms with Crippen molar-refractivity contribution in [3.05, 3.63) is 150 Å². The Morgan fingerprint density at radius 2 is 1.00 bits per heavy atom. The second kappa shape index (κ2) is 22.7. The van der Waals surface area contributed by atoms with E-state index in [9.17, 15) is 0 Å². The van der Waals surface area contributed by atoms with Crippen LogP contribution in [-0.2, 0) is 13.1 Å². The number of nitrogens with zero attached hydrogens (tertiary/aromatic N) is 2. The van der Waals surface area contributed by atoms with Crippen LogP contribution in [0.1, 0.15) is 52.3 Å². The van der Waals surface area contributed by atoms with Gasteiger partial charge in [0, 0.05) is 31.6 Å². The van der Waals surface area contributed by atoms with E-state index in [0.29, 0.717) is 0 Å². The van der Waals surface area contributed by atoms with Crippen LogP contribution >= 0.6 is 24.8 Å². The molecule has 4 heteroatoms. The van der Waals surface area contributed by atoms with E-state index in [0.717, 1.165) is 26.2 Å². The van der Waals surface area contributed by atoms with Crippen LogP contribution in [0.25, 0.3) is 27.6 Å². The molecule has 5 rings (SSSR count). The largest absolute Gasteiger partial charge is 0.298 e. The maximum absolute atomic E-state index is 3.21. The van der Waals surface area contributed by atoms with Gasteiger partial charge in [0.2, 0.25) is 0 Å². The Bertz CT molecular complexity index is 1730. The molecule has 2 nitrogen and oxygen atoms in total. The molecule has 48 heavy (non-hydrogen) atoms. The number of benzene rings is 5. The van der Waals surface area contributed by atoms with Crippen LogP contribution in [0.2, 0.25) is 0 Å². The maximum Gasteiger partial charge on any atom is 0.0240 e. The molecule has 0 radical (unpaired) electrons. The van der Waals surface area contributed by atoms with Crippen LogP contribution in [0.15, 0.2) is 133 Å². The number of fused-ring (bicyclic) bond motifs is 2. The van der Waals surface area contributed by atoms with Crippen molar-refractivity contribution in [2.24, 2.45) is 5.41 Å². The van der Waals surface area contributed by atoms with Crippen molar-refractivity contribution in [2.75, 3.05) is 27.2 Å². The van der Waals surface area contributed by atoms with E-state index in [4.69, 9.17) is 0 Å². The normalized spacial score (nSPS) is 10.7. The molecule has 0 N–H and O–H groups in total. The average Bonchev–Trinajstić information content (AvgIpc) is 3.02. The van der Waals surface area contributed by atoms with Gasteiger partial charge in [0.1, 0.15) is 0 Å². The van der Waals surface area contributed by atoms with Gasteiger partial charge in [0.25, 0.3) is 0 Å². The first-order valence-corrected chi connectivity index (χ1v) is 15.5. The number of rotatable bonds is 9. The first kappa shape index (κ1) is 44.2. The zero-order valence-corrected chi connectivity index (χ0v) is 29.5. The van der Waals surface area contributed by atoms with Crippen molar-refractivity contribution >= 4 is 52.4 Å². The van der Waals surface area contributed by atoms with Crippen LogP contribution in [0.3, 0.4) is 0 Å². The summed E-state index contributed by atoms with van der Waals surface area (Å²) in [5.74, 6) is 6.33. The third-order valence-corrected chi connectivity index (χ3v) is 7.23. The predicted molar refractivity (Wildman–Crippen MR) is 220 cm³/mol. The van der Waals surface area contributed by atoms with Crippen molar-refractivity contribution < 1.29 is 0 Å². The monoisotopic (exact) mass is 682 g/mol. The Morgan fingerprint density at radius 1 is 0.562 bits per heavy atom. The molecule has 0 unspecified atom stereocenters. The molecular formula is C44H56Cl2N2. The number of allylic oxidation sites excluding steroid dienone is 1. The Labute approximate surface area is 304 Å². The summed E-state index contributed by atoms with van der Waals surface area (Å²) in [4.78, 5) is 4.64. The summed E-state index contributed by atoms with van der Waals surface area (Å²) in [7, 11) is 4.31. The molecule has 0 saturated carbocycles. The van der Waals surface area contributed by atoms with E-state index < -0.39 is 0 Å². The van der Waals surface area contributed by atoms with Gasteiger partial charge in [-0.2, -0.15) is 0 Å². The van der Waals surface area contributed by atoms with Gasteiger partial charge < -0.3 is 0 Å². The van der Waals surface area contributed by atoms with E-state index in [1.165, 1.54) is 38.2 Å². The van der Waals surface area contributed by atoms with Crippen molar-refractivity contribution in [2.45, 2.75) is 48.7 Å². The van der Waals surface area contributed by atoms with E-state index in [2.05, 4.69) is 184 Å². The van der Waals surface area contributed by atoms with Crippen LogP contribution in [0.4, 0.5) is 0 Å². The molecule has 0 aromatic heterocycles. The molecule has 0 heterocycles. The SMILES string of the molecule is C.C.CN(C/C=C/C#CC(C)(C)C)Cc1cccc2ccccc12.CN(C/C=C/c1ccccc1)Cc1cccc2ccccc12.Cl.Cl. The fraction of sp³-hybridized carbons (Fsp3) is 0.273. The molecular weight excluding hydrogens is 627 g/mol. The standard InChI is InChI=1S/C21H21N.C21H25N.2CH4.2ClH/c1-22(16-8-11-18-9-3-2-4-10-18)17-20-14-7-13-19-12-5-6-15-21(19)20;1-21(2,3)15-8-5-9-16-22(4)17-19-13-10-12-18-11-6-7-14-20(18)19;;;;/h2-15H,16-17H2,1H3;5-7,9-14H,16-17H2,1-4H3;2*1H4;2*1H/b11-8+;9-5+;;;;. The number of halogens is 2. The highest BCUT2D eigenvalue weighted by Crippen LogP contribution is 2.21. The average molecular weight is 684 g/mol. The molecule has 5 aromatic rings. The minimum absolute atomic E-state index is 0. The third-order valence-electron chi connectivity index (χ3n) is 7.23. The highest BCUT2D eigenvalue weighted by molar-refractivity contribution is 5.86. The van der Waals surface area contributed by atoms with E-state index >= 15 is 0 Å². The van der Waals surface area contributed by atoms with Crippen LogP contribution in [0.5, 0.6) is 0 Å². The topological polar surface area (TPSA) is 6.48 Å². The first-order chi connectivity index (χ1) is 21.3. The van der Waals surface area contributed by atoms with Crippen molar-refractivity contribution in [3.8, 4) is 11.8 Å². The second-order valence-corrected chi connectivity index (χ2v) is 12.4. The van der Waals surface area contributed by atoms with Gasteiger partial charge in [-0.3, -0.25) is 9.80 Å². The molecule has 0 aliphatic heterocycles. The van der Waals surface area contributed by atoms with Gasteiger partial charge in [-0.15, -0.1) is 24.8 Å². The molecule has 0 aliphatic carbocycles. The quantitative estimate of drug-likeness (QED) is 0.143. The molecule has 256 valence electrons. The Hall–Kier alpha value is -3.84. The van der Waals surface area contributed by atoms with Gasteiger partial charge in [0.05, 0.1) is 0 Å². The molecule has 0 bridgehead atoms. The fourth-order valence-corrected chi connectivity index (χ4v) is 5.05. The van der Waals surface area contributed by atoms with E-state index in [1.54, 1.807) is 0 Å². The minimum Gasteiger partial charge on any atom is -0.298 e. The Balaban J connectivity index is 0.000000850. The zero-order chi connectivity index (χ0) is 31.2. The summed E-state index contributed by atoms with van der Waals surface area (Å²) in [5.41, 5.74) is 4.07. The zero-order valence-electron chi connectivity index (χ0n) is 27.8. The molecule has 5 aromatic carbocycles. The predicted octanol–water partition coefficient (Wildman–Crippen LogP) is 12.0. The molecule has 0 fully saturated rings. The van der Waals surface area contributed by atoms with Gasteiger partial charge in [0.15, 0.2) is 0 Å². The number of hydrogen-bond donors (Lipinski definition) is 0. The molecule has 0 aliphatic rings. The van der Waals surface area contributed by atoms with Crippen LogP contribution < -0.4 is 0 Å².